The van der Waals surface area contributed by atoms with Crippen LogP contribution in [0.1, 0.15) is 32.8 Å². The summed E-state index contributed by atoms with van der Waals surface area (Å²) in [5.74, 6) is 0.293. The Bertz CT molecular complexity index is 845. The first-order chi connectivity index (χ1) is 12.6. The summed E-state index contributed by atoms with van der Waals surface area (Å²) in [6.45, 7) is 7.50. The van der Waals surface area contributed by atoms with Gasteiger partial charge in [-0.25, -0.2) is 13.4 Å². The number of rotatable bonds is 8. The van der Waals surface area contributed by atoms with Crippen molar-refractivity contribution in [3.63, 3.8) is 0 Å². The Morgan fingerprint density at radius 3 is 2.41 bits per heavy atom. The third kappa shape index (κ3) is 6.22. The van der Waals surface area contributed by atoms with Crippen molar-refractivity contribution in [1.82, 2.24) is 9.88 Å². The predicted molar refractivity (Wildman–Crippen MR) is 109 cm³/mol. The molecule has 2 aromatic rings. The highest BCUT2D eigenvalue weighted by Crippen LogP contribution is 2.31. The van der Waals surface area contributed by atoms with Crippen LogP contribution in [0.3, 0.4) is 0 Å². The number of sulfonamides is 1. The number of nitrogens with zero attached hydrogens (tertiary/aromatic N) is 2. The van der Waals surface area contributed by atoms with E-state index < -0.39 is 10.0 Å². The molecule has 148 valence electrons. The Morgan fingerprint density at radius 2 is 1.81 bits per heavy atom. The fraction of sp³-hybridized carbons (Fsp3) is 0.450. The van der Waals surface area contributed by atoms with Crippen molar-refractivity contribution in [1.29, 1.82) is 0 Å². The molecule has 27 heavy (non-hydrogen) atoms. The van der Waals surface area contributed by atoms with Crippen LogP contribution >= 0.6 is 0 Å². The zero-order valence-corrected chi connectivity index (χ0v) is 17.5. The average Bonchev–Trinajstić information content (AvgIpc) is 2.59. The van der Waals surface area contributed by atoms with E-state index in [2.05, 4.69) is 35.4 Å². The lowest BCUT2D eigenvalue weighted by atomic mass is 9.88. The van der Waals surface area contributed by atoms with Crippen LogP contribution in [0.5, 0.6) is 5.88 Å². The Labute approximate surface area is 162 Å². The molecule has 0 aliphatic carbocycles. The molecule has 0 saturated carbocycles. The van der Waals surface area contributed by atoms with Crippen LogP contribution in [-0.4, -0.2) is 45.5 Å². The lowest BCUT2D eigenvalue weighted by Gasteiger charge is -2.21. The molecule has 0 amide bonds. The normalized spacial score (nSPS) is 12.2. The fourth-order valence-corrected chi connectivity index (χ4v) is 3.47. The third-order valence-electron chi connectivity index (χ3n) is 4.00. The molecule has 1 heterocycles. The van der Waals surface area contributed by atoms with Gasteiger partial charge < -0.3 is 9.64 Å². The minimum absolute atomic E-state index is 0.163. The lowest BCUT2D eigenvalue weighted by Crippen LogP contribution is -2.18. The first-order valence-electron chi connectivity index (χ1n) is 8.95. The van der Waals surface area contributed by atoms with Gasteiger partial charge in [-0.3, -0.25) is 4.72 Å². The van der Waals surface area contributed by atoms with Gasteiger partial charge in [-0.1, -0.05) is 39.0 Å². The molecule has 7 heteroatoms. The third-order valence-corrected chi connectivity index (χ3v) is 5.38. The van der Waals surface area contributed by atoms with Crippen molar-refractivity contribution in [3.8, 4) is 5.88 Å². The minimum atomic E-state index is -3.72. The van der Waals surface area contributed by atoms with Gasteiger partial charge in [-0.05, 0) is 49.7 Å². The van der Waals surface area contributed by atoms with E-state index in [0.29, 0.717) is 18.2 Å². The summed E-state index contributed by atoms with van der Waals surface area (Å²) in [7, 11) is 0.271. The van der Waals surface area contributed by atoms with Crippen LogP contribution in [-0.2, 0) is 15.4 Å². The first kappa shape index (κ1) is 21.2. The van der Waals surface area contributed by atoms with Crippen molar-refractivity contribution in [3.05, 3.63) is 48.2 Å². The molecule has 0 radical (unpaired) electrons. The van der Waals surface area contributed by atoms with Crippen LogP contribution in [0.4, 0.5) is 5.69 Å². The van der Waals surface area contributed by atoms with Crippen LogP contribution in [0.25, 0.3) is 0 Å². The molecule has 2 rings (SSSR count). The lowest BCUT2D eigenvalue weighted by molar-refractivity contribution is 0.274. The second-order valence-corrected chi connectivity index (χ2v) is 9.43. The van der Waals surface area contributed by atoms with Gasteiger partial charge in [-0.15, -0.1) is 0 Å². The van der Waals surface area contributed by atoms with Gasteiger partial charge >= 0.3 is 0 Å². The molecule has 0 unspecified atom stereocenters. The summed E-state index contributed by atoms with van der Waals surface area (Å²) in [6.07, 6.45) is 2.56. The summed E-state index contributed by atoms with van der Waals surface area (Å²) < 4.78 is 33.9. The number of hydrogen-bond acceptors (Lipinski definition) is 5. The fourth-order valence-electron chi connectivity index (χ4n) is 2.40. The summed E-state index contributed by atoms with van der Waals surface area (Å²) in [6, 6.07) is 10.1. The van der Waals surface area contributed by atoms with Gasteiger partial charge in [0.05, 0.1) is 11.5 Å². The predicted octanol–water partition coefficient (Wildman–Crippen LogP) is 3.51. The highest BCUT2D eigenvalue weighted by molar-refractivity contribution is 7.92. The monoisotopic (exact) mass is 391 g/mol. The SMILES string of the molecule is CN(C)CCCOc1ncc(C(C)(C)C)cc1NS(=O)(=O)c1ccccc1. The second-order valence-electron chi connectivity index (χ2n) is 7.75. The number of ether oxygens (including phenoxy) is 1. The highest BCUT2D eigenvalue weighted by atomic mass is 32.2. The van der Waals surface area contributed by atoms with Gasteiger partial charge in [0, 0.05) is 12.7 Å². The molecule has 0 spiro atoms. The molecule has 0 aliphatic heterocycles. The van der Waals surface area contributed by atoms with Crippen LogP contribution in [0.2, 0.25) is 0 Å². The molecule has 1 aromatic heterocycles. The molecular weight excluding hydrogens is 362 g/mol. The molecule has 0 bridgehead atoms. The molecule has 6 nitrogen and oxygen atoms in total. The van der Waals surface area contributed by atoms with E-state index in [1.165, 1.54) is 0 Å². The zero-order valence-electron chi connectivity index (χ0n) is 16.7. The topological polar surface area (TPSA) is 71.5 Å². The number of hydrogen-bond donors (Lipinski definition) is 1. The van der Waals surface area contributed by atoms with Crippen molar-refractivity contribution >= 4 is 15.7 Å². The molecule has 0 atom stereocenters. The van der Waals surface area contributed by atoms with Gasteiger partial charge in [0.15, 0.2) is 0 Å². The van der Waals surface area contributed by atoms with E-state index in [-0.39, 0.29) is 10.3 Å². The van der Waals surface area contributed by atoms with E-state index in [9.17, 15) is 8.42 Å². The Balaban J connectivity index is 2.30. The second kappa shape index (κ2) is 8.71. The Kier molecular flexibility index (Phi) is 6.84. The van der Waals surface area contributed by atoms with E-state index >= 15 is 0 Å². The number of benzene rings is 1. The van der Waals surface area contributed by atoms with Gasteiger partial charge in [0.25, 0.3) is 10.0 Å². The number of nitrogens with one attached hydrogen (secondary N) is 1. The molecular formula is C20H29N3O3S. The number of anilines is 1. The smallest absolute Gasteiger partial charge is 0.262 e. The molecule has 1 aromatic carbocycles. The first-order valence-corrected chi connectivity index (χ1v) is 10.4. The van der Waals surface area contributed by atoms with Gasteiger partial charge in [0.1, 0.15) is 5.69 Å². The van der Waals surface area contributed by atoms with E-state index in [1.54, 1.807) is 42.6 Å². The van der Waals surface area contributed by atoms with Crippen molar-refractivity contribution in [2.24, 2.45) is 0 Å². The van der Waals surface area contributed by atoms with E-state index in [0.717, 1.165) is 18.5 Å². The summed E-state index contributed by atoms with van der Waals surface area (Å²) in [5.41, 5.74) is 1.12. The van der Waals surface area contributed by atoms with Crippen molar-refractivity contribution in [2.75, 3.05) is 32.0 Å². The van der Waals surface area contributed by atoms with Gasteiger partial charge in [0.2, 0.25) is 5.88 Å². The van der Waals surface area contributed by atoms with Crippen LogP contribution in [0.15, 0.2) is 47.5 Å². The molecule has 0 aliphatic rings. The maximum absolute atomic E-state index is 12.7. The number of pyridine rings is 1. The van der Waals surface area contributed by atoms with Gasteiger partial charge in [-0.2, -0.15) is 0 Å². The Morgan fingerprint density at radius 1 is 1.15 bits per heavy atom. The van der Waals surface area contributed by atoms with Crippen molar-refractivity contribution < 1.29 is 13.2 Å². The number of aromatic nitrogens is 1. The minimum Gasteiger partial charge on any atom is -0.476 e. The maximum Gasteiger partial charge on any atom is 0.262 e. The standard InChI is InChI=1S/C20H29N3O3S/c1-20(2,3)16-14-18(19(21-15-16)26-13-9-12-23(4)5)22-27(24,25)17-10-7-6-8-11-17/h6-8,10-11,14-15,22H,9,12-13H2,1-5H3. The van der Waals surface area contributed by atoms with E-state index in [4.69, 9.17) is 4.74 Å². The molecule has 1 N–H and O–H groups in total. The summed E-state index contributed by atoms with van der Waals surface area (Å²) in [4.78, 5) is 6.64. The van der Waals surface area contributed by atoms with E-state index in [1.807, 2.05) is 14.1 Å². The molecule has 0 saturated heterocycles. The van der Waals surface area contributed by atoms with Crippen LogP contribution in [0, 0.1) is 0 Å². The quantitative estimate of drug-likeness (QED) is 0.697. The summed E-state index contributed by atoms with van der Waals surface area (Å²) in [5, 5.41) is 0. The zero-order chi connectivity index (χ0) is 20.1. The largest absolute Gasteiger partial charge is 0.476 e. The van der Waals surface area contributed by atoms with Crippen molar-refractivity contribution in [2.45, 2.75) is 37.5 Å². The highest BCUT2D eigenvalue weighted by Gasteiger charge is 2.21. The maximum atomic E-state index is 12.7. The Hall–Kier alpha value is -2.12. The summed E-state index contributed by atoms with van der Waals surface area (Å²) >= 11 is 0. The van der Waals surface area contributed by atoms with Crippen LogP contribution < -0.4 is 9.46 Å². The average molecular weight is 392 g/mol. The molecule has 0 fully saturated rings.